The Labute approximate surface area is 294 Å². The molecule has 3 saturated heterocycles. The standard InChI is InChI=1S/C36H41BrClN3O7/c1-4-6-16-27(43)39-21-26(23-13-8-7-9-14-23)47-35(46)28-29-33(44)41(18-11-19-42)32(36(29)20-24(37)31(28)48-36)34(45)40(17-5-2)30-22(3)12-10-15-25(30)38/h4-5,7-10,12-15,24,26,28-29,31-32,42H,1-2,6,11,16-21H2,3H3,(H,39,43)/t24?,26-,28-,29+,31-,32-,36+/m0/s1. The highest BCUT2D eigenvalue weighted by atomic mass is 79.9. The number of carbonyl (C=O) groups is 4. The van der Waals surface area contributed by atoms with Crippen LogP contribution in [0.1, 0.15) is 42.9 Å². The van der Waals surface area contributed by atoms with Gasteiger partial charge in [-0.2, -0.15) is 0 Å². The summed E-state index contributed by atoms with van der Waals surface area (Å²) in [5.41, 5.74) is 0.591. The molecule has 3 heterocycles. The van der Waals surface area contributed by atoms with Crippen molar-refractivity contribution >= 4 is 56.9 Å². The first-order valence-corrected chi connectivity index (χ1v) is 17.4. The van der Waals surface area contributed by atoms with Crippen molar-refractivity contribution in [2.24, 2.45) is 11.8 Å². The number of likely N-dealkylation sites (tertiary alicyclic amines) is 1. The van der Waals surface area contributed by atoms with E-state index in [1.165, 1.54) is 9.80 Å². The molecule has 3 aliphatic rings. The largest absolute Gasteiger partial charge is 0.455 e. The van der Waals surface area contributed by atoms with E-state index in [1.54, 1.807) is 36.4 Å². The maximum absolute atomic E-state index is 14.8. The van der Waals surface area contributed by atoms with Crippen LogP contribution in [0.15, 0.2) is 73.8 Å². The lowest BCUT2D eigenvalue weighted by atomic mass is 9.70. The first-order chi connectivity index (χ1) is 23.1. The van der Waals surface area contributed by atoms with Gasteiger partial charge in [-0.05, 0) is 43.4 Å². The van der Waals surface area contributed by atoms with Crippen LogP contribution in [-0.4, -0.2) is 82.5 Å². The highest BCUT2D eigenvalue weighted by Gasteiger charge is 2.77. The van der Waals surface area contributed by atoms with Gasteiger partial charge in [-0.3, -0.25) is 19.2 Å². The summed E-state index contributed by atoms with van der Waals surface area (Å²) in [6, 6.07) is 13.3. The zero-order valence-electron chi connectivity index (χ0n) is 26.9. The second kappa shape index (κ2) is 15.4. The molecule has 2 bridgehead atoms. The Balaban J connectivity index is 1.49. The van der Waals surface area contributed by atoms with E-state index in [0.29, 0.717) is 29.1 Å². The smallest absolute Gasteiger partial charge is 0.313 e. The molecule has 3 aliphatic heterocycles. The fourth-order valence-electron chi connectivity index (χ4n) is 7.33. The Morgan fingerprint density at radius 3 is 2.62 bits per heavy atom. The molecule has 3 amide bonds. The number of alkyl halides is 1. The number of anilines is 1. The molecule has 0 aliphatic carbocycles. The van der Waals surface area contributed by atoms with Crippen molar-refractivity contribution in [3.63, 3.8) is 0 Å². The number of allylic oxidation sites excluding steroid dienone is 1. The maximum atomic E-state index is 14.8. The fraction of sp³-hybridized carbons (Fsp3) is 0.444. The van der Waals surface area contributed by atoms with Gasteiger partial charge in [0.05, 0.1) is 35.2 Å². The molecule has 48 heavy (non-hydrogen) atoms. The van der Waals surface area contributed by atoms with Gasteiger partial charge in [0, 0.05) is 30.9 Å². The number of hydrogen-bond acceptors (Lipinski definition) is 7. The van der Waals surface area contributed by atoms with E-state index < -0.39 is 53.5 Å². The van der Waals surface area contributed by atoms with E-state index in [9.17, 15) is 24.3 Å². The minimum absolute atomic E-state index is 0.0307. The molecule has 5 rings (SSSR count). The van der Waals surface area contributed by atoms with Crippen LogP contribution >= 0.6 is 27.5 Å². The van der Waals surface area contributed by atoms with Crippen LogP contribution in [0.2, 0.25) is 5.02 Å². The molecule has 7 atom stereocenters. The Morgan fingerprint density at radius 2 is 1.96 bits per heavy atom. The predicted molar refractivity (Wildman–Crippen MR) is 186 cm³/mol. The summed E-state index contributed by atoms with van der Waals surface area (Å²) < 4.78 is 12.8. The SMILES string of the molecule is C=CCCC(=O)NC[C@H](OC(=O)[C@@H]1[C@H]2O[C@@]3(CC2Br)[C@H](C(=O)N(CC=C)c2c(C)cccc2Cl)N(CCCO)C(=O)[C@@H]13)c1ccccc1. The summed E-state index contributed by atoms with van der Waals surface area (Å²) in [6.07, 6.45) is 2.95. The molecule has 0 aromatic heterocycles. The van der Waals surface area contributed by atoms with Gasteiger partial charge in [0.15, 0.2) is 0 Å². The molecular weight excluding hydrogens is 702 g/mol. The van der Waals surface area contributed by atoms with Crippen molar-refractivity contribution in [1.82, 2.24) is 10.2 Å². The number of nitrogens with one attached hydrogen (secondary N) is 1. The number of benzene rings is 2. The number of aliphatic hydroxyl groups is 1. The average molecular weight is 743 g/mol. The second-order valence-electron chi connectivity index (χ2n) is 12.4. The number of amides is 3. The monoisotopic (exact) mass is 741 g/mol. The van der Waals surface area contributed by atoms with Gasteiger partial charge in [0.25, 0.3) is 5.91 Å². The first kappa shape index (κ1) is 35.8. The minimum atomic E-state index is -1.35. The van der Waals surface area contributed by atoms with E-state index in [2.05, 4.69) is 34.4 Å². The molecule has 1 spiro atoms. The normalized spacial score (nSPS) is 26.1. The van der Waals surface area contributed by atoms with Crippen molar-refractivity contribution in [3.05, 3.63) is 90.0 Å². The third kappa shape index (κ3) is 6.70. The van der Waals surface area contributed by atoms with Crippen LogP contribution in [0.4, 0.5) is 5.69 Å². The van der Waals surface area contributed by atoms with E-state index in [1.807, 2.05) is 31.2 Å². The summed E-state index contributed by atoms with van der Waals surface area (Å²) >= 11 is 10.3. The molecule has 0 saturated carbocycles. The zero-order valence-corrected chi connectivity index (χ0v) is 29.2. The van der Waals surface area contributed by atoms with Crippen molar-refractivity contribution < 1.29 is 33.8 Å². The van der Waals surface area contributed by atoms with Gasteiger partial charge in [-0.25, -0.2) is 0 Å². The van der Waals surface area contributed by atoms with Gasteiger partial charge >= 0.3 is 5.97 Å². The molecule has 0 radical (unpaired) electrons. The third-order valence-corrected chi connectivity index (χ3v) is 10.5. The van der Waals surface area contributed by atoms with E-state index in [4.69, 9.17) is 21.1 Å². The van der Waals surface area contributed by atoms with Crippen LogP contribution in [0.5, 0.6) is 0 Å². The lowest BCUT2D eigenvalue weighted by Gasteiger charge is -2.37. The van der Waals surface area contributed by atoms with Crippen LogP contribution < -0.4 is 10.2 Å². The van der Waals surface area contributed by atoms with Gasteiger partial charge in [-0.15, -0.1) is 13.2 Å². The number of nitrogens with zero attached hydrogens (tertiary/aromatic N) is 2. The fourth-order valence-corrected chi connectivity index (χ4v) is 8.60. The molecule has 3 fully saturated rings. The van der Waals surface area contributed by atoms with Crippen LogP contribution in [0.25, 0.3) is 0 Å². The molecule has 256 valence electrons. The Hall–Kier alpha value is -3.51. The summed E-state index contributed by atoms with van der Waals surface area (Å²) in [4.78, 5) is 58.4. The number of ether oxygens (including phenoxy) is 2. The highest BCUT2D eigenvalue weighted by Crippen LogP contribution is 2.60. The van der Waals surface area contributed by atoms with Crippen LogP contribution in [-0.2, 0) is 28.7 Å². The van der Waals surface area contributed by atoms with Gasteiger partial charge in [0.1, 0.15) is 17.7 Å². The van der Waals surface area contributed by atoms with Crippen molar-refractivity contribution in [2.45, 2.75) is 61.3 Å². The number of carbonyl (C=O) groups excluding carboxylic acids is 4. The number of halogens is 2. The lowest BCUT2D eigenvalue weighted by Crippen LogP contribution is -2.57. The maximum Gasteiger partial charge on any atom is 0.313 e. The van der Waals surface area contributed by atoms with Gasteiger partial charge < -0.3 is 29.7 Å². The second-order valence-corrected chi connectivity index (χ2v) is 14.0. The van der Waals surface area contributed by atoms with Crippen LogP contribution in [0, 0.1) is 18.8 Å². The van der Waals surface area contributed by atoms with E-state index in [0.717, 1.165) is 5.56 Å². The van der Waals surface area contributed by atoms with Gasteiger partial charge in [-0.1, -0.05) is 82.1 Å². The summed E-state index contributed by atoms with van der Waals surface area (Å²) in [5.74, 6) is -3.72. The minimum Gasteiger partial charge on any atom is -0.455 e. The lowest BCUT2D eigenvalue weighted by molar-refractivity contribution is -0.160. The van der Waals surface area contributed by atoms with E-state index >= 15 is 0 Å². The number of fused-ring (bicyclic) bond motifs is 1. The Morgan fingerprint density at radius 1 is 1.21 bits per heavy atom. The van der Waals surface area contributed by atoms with Crippen molar-refractivity contribution in [2.75, 3.05) is 31.1 Å². The molecule has 2 N–H and O–H groups in total. The molecule has 12 heteroatoms. The van der Waals surface area contributed by atoms with E-state index in [-0.39, 0.29) is 49.8 Å². The first-order valence-electron chi connectivity index (χ1n) is 16.1. The molecular formula is C36H41BrClN3O7. The number of hydrogen-bond donors (Lipinski definition) is 2. The summed E-state index contributed by atoms with van der Waals surface area (Å²) in [7, 11) is 0. The topological polar surface area (TPSA) is 125 Å². The summed E-state index contributed by atoms with van der Waals surface area (Å²) in [5, 5.41) is 12.9. The summed E-state index contributed by atoms with van der Waals surface area (Å²) in [6.45, 7) is 9.38. The molecule has 10 nitrogen and oxygen atoms in total. The van der Waals surface area contributed by atoms with Gasteiger partial charge in [0.2, 0.25) is 11.8 Å². The number of esters is 1. The third-order valence-electron chi connectivity index (χ3n) is 9.38. The average Bonchev–Trinajstić information content (AvgIpc) is 3.67. The molecule has 2 aromatic rings. The number of aliphatic hydroxyl groups excluding tert-OH is 1. The molecule has 1 unspecified atom stereocenters. The quantitative estimate of drug-likeness (QED) is 0.155. The van der Waals surface area contributed by atoms with Crippen molar-refractivity contribution in [1.29, 1.82) is 0 Å². The zero-order chi connectivity index (χ0) is 34.6. The molecule has 2 aromatic carbocycles. The predicted octanol–water partition coefficient (Wildman–Crippen LogP) is 4.66. The Kier molecular flexibility index (Phi) is 11.5. The van der Waals surface area contributed by atoms with Crippen molar-refractivity contribution in [3.8, 4) is 0 Å². The van der Waals surface area contributed by atoms with Crippen LogP contribution in [0.3, 0.4) is 0 Å². The number of para-hydroxylation sites is 1. The Bertz CT molecular complexity index is 1540. The highest BCUT2D eigenvalue weighted by molar-refractivity contribution is 9.09. The number of aryl methyl sites for hydroxylation is 1. The number of rotatable bonds is 15.